The first-order valence-electron chi connectivity index (χ1n) is 7.64. The summed E-state index contributed by atoms with van der Waals surface area (Å²) in [6, 6.07) is 5.00. The third-order valence-corrected chi connectivity index (χ3v) is 3.94. The summed E-state index contributed by atoms with van der Waals surface area (Å²) in [6.07, 6.45) is 2.29. The van der Waals surface area contributed by atoms with Crippen molar-refractivity contribution in [3.63, 3.8) is 0 Å². The Morgan fingerprint density at radius 1 is 1.35 bits per heavy atom. The summed E-state index contributed by atoms with van der Waals surface area (Å²) in [5, 5.41) is 11.5. The van der Waals surface area contributed by atoms with E-state index in [1.54, 1.807) is 24.2 Å². The molecule has 0 saturated carbocycles. The van der Waals surface area contributed by atoms with E-state index in [0.29, 0.717) is 30.9 Å². The summed E-state index contributed by atoms with van der Waals surface area (Å²) < 4.78 is 1.45. The highest BCUT2D eigenvalue weighted by molar-refractivity contribution is 5.94. The molecular formula is C16H19N5O2. The van der Waals surface area contributed by atoms with Crippen molar-refractivity contribution in [3.8, 4) is 0 Å². The smallest absolute Gasteiger partial charge is 0.254 e. The summed E-state index contributed by atoms with van der Waals surface area (Å²) in [5.74, 6) is 0.587. The van der Waals surface area contributed by atoms with Gasteiger partial charge in [0.15, 0.2) is 0 Å². The maximum atomic E-state index is 12.6. The van der Waals surface area contributed by atoms with E-state index in [-0.39, 0.29) is 11.5 Å². The minimum atomic E-state index is -0.187. The van der Waals surface area contributed by atoms with Gasteiger partial charge in [-0.2, -0.15) is 5.10 Å². The van der Waals surface area contributed by atoms with E-state index < -0.39 is 0 Å². The summed E-state index contributed by atoms with van der Waals surface area (Å²) in [7, 11) is 1.66. The van der Waals surface area contributed by atoms with Crippen LogP contribution in [0.4, 0.5) is 5.82 Å². The number of hydrogen-bond donors (Lipinski definition) is 1. The molecule has 2 aromatic heterocycles. The molecule has 0 aromatic carbocycles. The Kier molecular flexibility index (Phi) is 4.10. The number of nitrogens with zero attached hydrogens (tertiary/aromatic N) is 4. The first-order valence-corrected chi connectivity index (χ1v) is 7.64. The molecule has 7 heteroatoms. The quantitative estimate of drug-likeness (QED) is 0.907. The van der Waals surface area contributed by atoms with E-state index in [0.717, 1.165) is 17.8 Å². The van der Waals surface area contributed by atoms with Crippen molar-refractivity contribution in [1.29, 1.82) is 0 Å². The molecule has 3 heterocycles. The summed E-state index contributed by atoms with van der Waals surface area (Å²) in [5.41, 5.74) is 2.16. The third-order valence-electron chi connectivity index (χ3n) is 3.94. The summed E-state index contributed by atoms with van der Waals surface area (Å²) in [4.78, 5) is 26.1. The van der Waals surface area contributed by atoms with Gasteiger partial charge in [-0.05, 0) is 24.6 Å². The molecule has 0 unspecified atom stereocenters. The fourth-order valence-electron chi connectivity index (χ4n) is 2.63. The van der Waals surface area contributed by atoms with Gasteiger partial charge < -0.3 is 14.8 Å². The maximum absolute atomic E-state index is 12.6. The fourth-order valence-corrected chi connectivity index (χ4v) is 2.63. The molecule has 0 spiro atoms. The number of amides is 1. The zero-order chi connectivity index (χ0) is 16.4. The van der Waals surface area contributed by atoms with Gasteiger partial charge in [-0.3, -0.25) is 9.59 Å². The molecule has 3 rings (SSSR count). The van der Waals surface area contributed by atoms with Gasteiger partial charge in [-0.15, -0.1) is 5.10 Å². The first-order chi connectivity index (χ1) is 11.1. The van der Waals surface area contributed by atoms with Gasteiger partial charge in [-0.25, -0.2) is 0 Å². The van der Waals surface area contributed by atoms with Crippen molar-refractivity contribution in [2.75, 3.05) is 18.4 Å². The molecular weight excluding hydrogens is 294 g/mol. The van der Waals surface area contributed by atoms with Crippen molar-refractivity contribution >= 4 is 11.7 Å². The molecule has 0 atom stereocenters. The molecule has 1 N–H and O–H groups in total. The molecule has 0 aliphatic carbocycles. The Balaban J connectivity index is 1.82. The predicted molar refractivity (Wildman–Crippen MR) is 86.3 cm³/mol. The van der Waals surface area contributed by atoms with Gasteiger partial charge >= 0.3 is 0 Å². The number of hydrogen-bond acceptors (Lipinski definition) is 5. The van der Waals surface area contributed by atoms with Crippen LogP contribution in [0.1, 0.15) is 28.5 Å². The number of aryl methyl sites for hydroxylation is 1. The number of aromatic nitrogens is 3. The second kappa shape index (κ2) is 6.20. The Morgan fingerprint density at radius 2 is 2.17 bits per heavy atom. The zero-order valence-corrected chi connectivity index (χ0v) is 13.2. The highest BCUT2D eigenvalue weighted by Gasteiger charge is 2.23. The van der Waals surface area contributed by atoms with Crippen molar-refractivity contribution in [3.05, 3.63) is 51.6 Å². The van der Waals surface area contributed by atoms with E-state index in [9.17, 15) is 9.59 Å². The molecule has 1 aliphatic heterocycles. The van der Waals surface area contributed by atoms with Crippen LogP contribution in [0.2, 0.25) is 0 Å². The first kappa shape index (κ1) is 15.2. The van der Waals surface area contributed by atoms with Crippen molar-refractivity contribution in [2.24, 2.45) is 7.05 Å². The van der Waals surface area contributed by atoms with Crippen LogP contribution in [0.3, 0.4) is 0 Å². The van der Waals surface area contributed by atoms with Gasteiger partial charge in [0.25, 0.3) is 11.5 Å². The van der Waals surface area contributed by atoms with E-state index >= 15 is 0 Å². The van der Waals surface area contributed by atoms with Crippen LogP contribution >= 0.6 is 0 Å². The zero-order valence-electron chi connectivity index (χ0n) is 13.2. The monoisotopic (exact) mass is 313 g/mol. The number of carbonyl (C=O) groups is 1. The SMILES string of the molecule is CCNc1cc2c(nn1)CCN(C(=O)c1ccn(C)c(=O)c1)C2. The topological polar surface area (TPSA) is 80.1 Å². The Hall–Kier alpha value is -2.70. The number of nitrogens with one attached hydrogen (secondary N) is 1. The lowest BCUT2D eigenvalue weighted by atomic mass is 10.1. The van der Waals surface area contributed by atoms with Gasteiger partial charge in [0.2, 0.25) is 0 Å². The fraction of sp³-hybridized carbons (Fsp3) is 0.375. The molecule has 7 nitrogen and oxygen atoms in total. The van der Waals surface area contributed by atoms with Gasteiger partial charge in [-0.1, -0.05) is 0 Å². The Labute approximate surface area is 134 Å². The van der Waals surface area contributed by atoms with Crippen molar-refractivity contribution in [1.82, 2.24) is 19.7 Å². The number of pyridine rings is 1. The molecule has 23 heavy (non-hydrogen) atoms. The van der Waals surface area contributed by atoms with Gasteiger partial charge in [0, 0.05) is 50.9 Å². The molecule has 1 amide bonds. The minimum Gasteiger partial charge on any atom is -0.369 e. The van der Waals surface area contributed by atoms with Crippen LogP contribution in [0, 0.1) is 0 Å². The van der Waals surface area contributed by atoms with E-state index in [1.807, 2.05) is 13.0 Å². The van der Waals surface area contributed by atoms with Gasteiger partial charge in [0.05, 0.1) is 5.69 Å². The lowest BCUT2D eigenvalue weighted by Crippen LogP contribution is -2.37. The number of anilines is 1. The molecule has 1 aliphatic rings. The lowest BCUT2D eigenvalue weighted by Gasteiger charge is -2.28. The standard InChI is InChI=1S/C16H19N5O2/c1-3-17-14-8-12-10-21(7-5-13(12)18-19-14)16(23)11-4-6-20(2)15(22)9-11/h4,6,8-9H,3,5,7,10H2,1-2H3,(H,17,19). The molecule has 0 bridgehead atoms. The summed E-state index contributed by atoms with van der Waals surface area (Å²) in [6.45, 7) is 3.82. The predicted octanol–water partition coefficient (Wildman–Crippen LogP) is 0.806. The molecule has 2 aromatic rings. The average molecular weight is 313 g/mol. The molecule has 0 fully saturated rings. The average Bonchev–Trinajstić information content (AvgIpc) is 2.56. The van der Waals surface area contributed by atoms with Crippen LogP contribution in [-0.2, 0) is 20.0 Å². The number of carbonyl (C=O) groups excluding carboxylic acids is 1. The van der Waals surface area contributed by atoms with E-state index in [4.69, 9.17) is 0 Å². The van der Waals surface area contributed by atoms with E-state index in [1.165, 1.54) is 10.6 Å². The molecule has 0 saturated heterocycles. The van der Waals surface area contributed by atoms with Crippen molar-refractivity contribution in [2.45, 2.75) is 19.9 Å². The van der Waals surface area contributed by atoms with Gasteiger partial charge in [0.1, 0.15) is 5.82 Å². The maximum Gasteiger partial charge on any atom is 0.254 e. The highest BCUT2D eigenvalue weighted by atomic mass is 16.2. The minimum absolute atomic E-state index is 0.129. The lowest BCUT2D eigenvalue weighted by molar-refractivity contribution is 0.0733. The second-order valence-electron chi connectivity index (χ2n) is 5.57. The highest BCUT2D eigenvalue weighted by Crippen LogP contribution is 2.20. The second-order valence-corrected chi connectivity index (χ2v) is 5.57. The van der Waals surface area contributed by atoms with Crippen LogP contribution in [0.25, 0.3) is 0 Å². The van der Waals surface area contributed by atoms with Crippen LogP contribution < -0.4 is 10.9 Å². The van der Waals surface area contributed by atoms with Crippen LogP contribution in [-0.4, -0.2) is 38.7 Å². The van der Waals surface area contributed by atoms with Crippen LogP contribution in [0.15, 0.2) is 29.2 Å². The summed E-state index contributed by atoms with van der Waals surface area (Å²) >= 11 is 0. The van der Waals surface area contributed by atoms with E-state index in [2.05, 4.69) is 15.5 Å². The number of rotatable bonds is 3. The third kappa shape index (κ3) is 3.08. The molecule has 120 valence electrons. The normalized spacial score (nSPS) is 13.6. The number of fused-ring (bicyclic) bond motifs is 1. The Morgan fingerprint density at radius 3 is 2.91 bits per heavy atom. The van der Waals surface area contributed by atoms with Crippen molar-refractivity contribution < 1.29 is 4.79 Å². The molecule has 0 radical (unpaired) electrons. The van der Waals surface area contributed by atoms with Crippen LogP contribution in [0.5, 0.6) is 0 Å². The largest absolute Gasteiger partial charge is 0.369 e. The Bertz CT molecular complexity index is 799.